The Bertz CT molecular complexity index is 660. The SMILES string of the molecule is O=C(O)N1C[C@H]2CCN(C=CCc3ccc(OC(F)(F)F)cc3)CC[C@H]2C1. The molecule has 1 aromatic carbocycles. The van der Waals surface area contributed by atoms with Crippen LogP contribution in [0, 0.1) is 11.8 Å². The molecule has 0 bridgehead atoms. The second-order valence-corrected chi connectivity index (χ2v) is 7.10. The lowest BCUT2D eigenvalue weighted by atomic mass is 9.92. The zero-order valence-electron chi connectivity index (χ0n) is 14.9. The predicted octanol–water partition coefficient (Wildman–Crippen LogP) is 3.96. The van der Waals surface area contributed by atoms with Gasteiger partial charge in [-0.3, -0.25) is 0 Å². The summed E-state index contributed by atoms with van der Waals surface area (Å²) in [6.45, 7) is 3.04. The van der Waals surface area contributed by atoms with E-state index < -0.39 is 12.5 Å². The van der Waals surface area contributed by atoms with E-state index in [2.05, 4.69) is 9.64 Å². The van der Waals surface area contributed by atoms with Crippen LogP contribution >= 0.6 is 0 Å². The molecule has 2 fully saturated rings. The number of alkyl halides is 3. The standard InChI is InChI=1S/C19H23F3N2O3/c20-19(21,22)27-17-5-3-14(4-6-17)2-1-9-23-10-7-15-12-24(18(25)26)13-16(15)8-11-23/h1,3-6,9,15-16H,2,7-8,10-13H2,(H,25,26)/t15-,16+. The molecule has 1 amide bonds. The Morgan fingerprint density at radius 1 is 1.15 bits per heavy atom. The fourth-order valence-corrected chi connectivity index (χ4v) is 3.84. The number of benzene rings is 1. The number of likely N-dealkylation sites (tertiary alicyclic amines) is 2. The smallest absolute Gasteiger partial charge is 0.465 e. The van der Waals surface area contributed by atoms with Crippen molar-refractivity contribution in [1.29, 1.82) is 0 Å². The van der Waals surface area contributed by atoms with Gasteiger partial charge in [0.2, 0.25) is 0 Å². The highest BCUT2D eigenvalue weighted by molar-refractivity contribution is 5.65. The molecule has 8 heteroatoms. The molecule has 1 N–H and O–H groups in total. The first kappa shape index (κ1) is 19.4. The largest absolute Gasteiger partial charge is 0.573 e. The number of halogens is 3. The zero-order chi connectivity index (χ0) is 19.4. The van der Waals surface area contributed by atoms with Gasteiger partial charge in [0.25, 0.3) is 0 Å². The molecular weight excluding hydrogens is 361 g/mol. The second-order valence-electron chi connectivity index (χ2n) is 7.10. The highest BCUT2D eigenvalue weighted by atomic mass is 19.4. The average molecular weight is 384 g/mol. The van der Waals surface area contributed by atoms with Crippen molar-refractivity contribution in [3.05, 3.63) is 42.1 Å². The maximum Gasteiger partial charge on any atom is 0.573 e. The van der Waals surface area contributed by atoms with E-state index >= 15 is 0 Å². The average Bonchev–Trinajstić information content (AvgIpc) is 2.92. The highest BCUT2D eigenvalue weighted by Crippen LogP contribution is 2.31. The van der Waals surface area contributed by atoms with E-state index in [1.807, 2.05) is 12.3 Å². The first-order chi connectivity index (χ1) is 12.8. The molecule has 5 nitrogen and oxygen atoms in total. The summed E-state index contributed by atoms with van der Waals surface area (Å²) in [6.07, 6.45) is 1.12. The summed E-state index contributed by atoms with van der Waals surface area (Å²) < 4.78 is 40.3. The summed E-state index contributed by atoms with van der Waals surface area (Å²) in [5.74, 6) is 0.644. The van der Waals surface area contributed by atoms with Gasteiger partial charge in [0.15, 0.2) is 0 Å². The van der Waals surface area contributed by atoms with E-state index in [-0.39, 0.29) is 5.75 Å². The van der Waals surface area contributed by atoms with Crippen LogP contribution in [0.4, 0.5) is 18.0 Å². The van der Waals surface area contributed by atoms with Crippen LogP contribution in [-0.4, -0.2) is 53.5 Å². The molecule has 0 aliphatic carbocycles. The number of ether oxygens (including phenoxy) is 1. The molecule has 2 aliphatic heterocycles. The fraction of sp³-hybridized carbons (Fsp3) is 0.526. The Kier molecular flexibility index (Phi) is 5.82. The van der Waals surface area contributed by atoms with Crippen molar-refractivity contribution in [3.63, 3.8) is 0 Å². The number of rotatable bonds is 4. The minimum Gasteiger partial charge on any atom is -0.465 e. The molecule has 3 rings (SSSR count). The van der Waals surface area contributed by atoms with E-state index in [0.717, 1.165) is 31.5 Å². The van der Waals surface area contributed by atoms with Crippen LogP contribution in [0.1, 0.15) is 18.4 Å². The van der Waals surface area contributed by atoms with Crippen LogP contribution < -0.4 is 4.74 Å². The zero-order valence-corrected chi connectivity index (χ0v) is 14.9. The maximum absolute atomic E-state index is 12.2. The van der Waals surface area contributed by atoms with Crippen LogP contribution in [0.2, 0.25) is 0 Å². The molecule has 0 saturated carbocycles. The molecule has 0 spiro atoms. The molecule has 148 valence electrons. The third kappa shape index (κ3) is 5.55. The van der Waals surface area contributed by atoms with Crippen molar-refractivity contribution >= 4 is 6.09 Å². The number of carbonyl (C=O) groups is 1. The normalized spacial score (nSPS) is 23.4. The molecule has 2 saturated heterocycles. The van der Waals surface area contributed by atoms with Crippen molar-refractivity contribution in [2.75, 3.05) is 26.2 Å². The van der Waals surface area contributed by atoms with E-state index in [1.54, 1.807) is 12.1 Å². The lowest BCUT2D eigenvalue weighted by molar-refractivity contribution is -0.274. The summed E-state index contributed by atoms with van der Waals surface area (Å²) >= 11 is 0. The predicted molar refractivity (Wildman–Crippen MR) is 93.4 cm³/mol. The van der Waals surface area contributed by atoms with Crippen molar-refractivity contribution < 1.29 is 27.8 Å². The summed E-state index contributed by atoms with van der Waals surface area (Å²) in [5.41, 5.74) is 0.907. The van der Waals surface area contributed by atoms with Gasteiger partial charge in [-0.15, -0.1) is 13.2 Å². The van der Waals surface area contributed by atoms with Gasteiger partial charge in [-0.1, -0.05) is 18.2 Å². The number of nitrogens with zero attached hydrogens (tertiary/aromatic N) is 2. The minimum atomic E-state index is -4.67. The van der Waals surface area contributed by atoms with Gasteiger partial charge in [0.05, 0.1) is 0 Å². The van der Waals surface area contributed by atoms with E-state index in [4.69, 9.17) is 5.11 Å². The van der Waals surface area contributed by atoms with E-state index in [1.165, 1.54) is 17.0 Å². The van der Waals surface area contributed by atoms with Crippen LogP contribution in [0.3, 0.4) is 0 Å². The Morgan fingerprint density at radius 3 is 2.26 bits per heavy atom. The van der Waals surface area contributed by atoms with Gasteiger partial charge < -0.3 is 19.6 Å². The number of allylic oxidation sites excluding steroid dienone is 1. The number of hydrogen-bond donors (Lipinski definition) is 1. The molecule has 0 unspecified atom stereocenters. The third-order valence-corrected chi connectivity index (χ3v) is 5.25. The fourth-order valence-electron chi connectivity index (χ4n) is 3.84. The van der Waals surface area contributed by atoms with E-state index in [9.17, 15) is 18.0 Å². The quantitative estimate of drug-likeness (QED) is 0.854. The van der Waals surface area contributed by atoms with Crippen LogP contribution in [0.15, 0.2) is 36.5 Å². The Balaban J connectivity index is 1.46. The molecule has 1 aromatic rings. The molecular formula is C19H23F3N2O3. The monoisotopic (exact) mass is 384 g/mol. The summed E-state index contributed by atoms with van der Waals surface area (Å²) in [6, 6.07) is 5.88. The van der Waals surface area contributed by atoms with Gasteiger partial charge in [-0.05, 0) is 55.0 Å². The van der Waals surface area contributed by atoms with Crippen molar-refractivity contribution in [3.8, 4) is 5.75 Å². The Hall–Kier alpha value is -2.38. The van der Waals surface area contributed by atoms with Gasteiger partial charge >= 0.3 is 12.5 Å². The van der Waals surface area contributed by atoms with Crippen LogP contribution in [0.25, 0.3) is 0 Å². The summed E-state index contributed by atoms with van der Waals surface area (Å²) in [4.78, 5) is 14.9. The van der Waals surface area contributed by atoms with Gasteiger partial charge in [0, 0.05) is 26.2 Å². The molecule has 2 atom stereocenters. The summed E-state index contributed by atoms with van der Waals surface area (Å²) in [7, 11) is 0. The molecule has 27 heavy (non-hydrogen) atoms. The van der Waals surface area contributed by atoms with Gasteiger partial charge in [-0.2, -0.15) is 0 Å². The molecule has 2 heterocycles. The first-order valence-corrected chi connectivity index (χ1v) is 9.03. The van der Waals surface area contributed by atoms with Crippen LogP contribution in [-0.2, 0) is 6.42 Å². The molecule has 0 radical (unpaired) electrons. The Labute approximate surface area is 156 Å². The molecule has 0 aromatic heterocycles. The number of hydrogen-bond acceptors (Lipinski definition) is 3. The van der Waals surface area contributed by atoms with Crippen molar-refractivity contribution in [2.24, 2.45) is 11.8 Å². The van der Waals surface area contributed by atoms with Crippen molar-refractivity contribution in [1.82, 2.24) is 9.80 Å². The highest BCUT2D eigenvalue weighted by Gasteiger charge is 2.36. The summed E-state index contributed by atoms with van der Waals surface area (Å²) in [5, 5.41) is 9.12. The molecule has 2 aliphatic rings. The lowest BCUT2D eigenvalue weighted by Crippen LogP contribution is -2.28. The first-order valence-electron chi connectivity index (χ1n) is 9.03. The maximum atomic E-state index is 12.2. The number of amides is 1. The van der Waals surface area contributed by atoms with Crippen LogP contribution in [0.5, 0.6) is 5.75 Å². The topological polar surface area (TPSA) is 53.0 Å². The lowest BCUT2D eigenvalue weighted by Gasteiger charge is -2.19. The minimum absolute atomic E-state index is 0.218. The van der Waals surface area contributed by atoms with E-state index in [0.29, 0.717) is 31.3 Å². The number of carboxylic acid groups (broad SMARTS) is 1. The Morgan fingerprint density at radius 2 is 1.74 bits per heavy atom. The third-order valence-electron chi connectivity index (χ3n) is 5.25. The van der Waals surface area contributed by atoms with Crippen molar-refractivity contribution in [2.45, 2.75) is 25.6 Å². The van der Waals surface area contributed by atoms with Gasteiger partial charge in [0.1, 0.15) is 5.75 Å². The van der Waals surface area contributed by atoms with Gasteiger partial charge in [-0.25, -0.2) is 4.79 Å². The number of fused-ring (bicyclic) bond motifs is 1. The second kappa shape index (κ2) is 8.10.